The summed E-state index contributed by atoms with van der Waals surface area (Å²) in [6, 6.07) is 1.24. The molecule has 9 heteroatoms. The maximum atomic E-state index is 11.6. The second-order valence-electron chi connectivity index (χ2n) is 5.04. The fourth-order valence-electron chi connectivity index (χ4n) is 1.65. The van der Waals surface area contributed by atoms with Gasteiger partial charge in [-0.15, -0.1) is 0 Å². The second kappa shape index (κ2) is 10.6. The van der Waals surface area contributed by atoms with E-state index in [9.17, 15) is 14.4 Å². The van der Waals surface area contributed by atoms with Gasteiger partial charge in [0.1, 0.15) is 0 Å². The van der Waals surface area contributed by atoms with E-state index >= 15 is 0 Å². The van der Waals surface area contributed by atoms with Crippen LogP contribution in [-0.2, 0) is 14.3 Å². The third-order valence-electron chi connectivity index (χ3n) is 2.71. The van der Waals surface area contributed by atoms with Crippen LogP contribution in [0.4, 0.5) is 4.79 Å². The summed E-state index contributed by atoms with van der Waals surface area (Å²) < 4.78 is 4.81. The molecule has 0 aliphatic heterocycles. The van der Waals surface area contributed by atoms with Crippen LogP contribution in [-0.4, -0.2) is 46.8 Å². The molecule has 1 rings (SSSR count). The van der Waals surface area contributed by atoms with Crippen molar-refractivity contribution in [3.8, 4) is 0 Å². The molecule has 0 fully saturated rings. The fraction of sp³-hybridized carbons (Fsp3) is 0.533. The van der Waals surface area contributed by atoms with Crippen molar-refractivity contribution in [3.05, 3.63) is 17.5 Å². The molecular formula is C15H22N4O4S. The molecule has 24 heavy (non-hydrogen) atoms. The van der Waals surface area contributed by atoms with Crippen LogP contribution in [0.5, 0.6) is 0 Å². The summed E-state index contributed by atoms with van der Waals surface area (Å²) in [6.45, 7) is 5.65. The largest absolute Gasteiger partial charge is 0.455 e. The van der Waals surface area contributed by atoms with Crippen molar-refractivity contribution in [2.45, 2.75) is 38.8 Å². The number of nitrogens with one attached hydrogen (secondary N) is 2. The number of hydrogen-bond donors (Lipinski definition) is 2. The van der Waals surface area contributed by atoms with Crippen LogP contribution in [0.15, 0.2) is 11.2 Å². The Balaban J connectivity index is 2.25. The minimum Gasteiger partial charge on any atom is -0.455 e. The SMILES string of the molecule is CCCCNC(=O)NC(=O)COC(=O)CSc1nc(C)cc(C)n1. The predicted molar refractivity (Wildman–Crippen MR) is 89.6 cm³/mol. The number of urea groups is 1. The Labute approximate surface area is 145 Å². The monoisotopic (exact) mass is 354 g/mol. The number of rotatable bonds is 8. The fourth-order valence-corrected chi connectivity index (χ4v) is 2.40. The first-order valence-electron chi connectivity index (χ1n) is 7.59. The summed E-state index contributed by atoms with van der Waals surface area (Å²) in [6.07, 6.45) is 1.77. The minimum absolute atomic E-state index is 0.0150. The maximum absolute atomic E-state index is 11.6. The van der Waals surface area contributed by atoms with E-state index in [0.29, 0.717) is 11.7 Å². The highest BCUT2D eigenvalue weighted by molar-refractivity contribution is 7.99. The van der Waals surface area contributed by atoms with E-state index in [1.165, 1.54) is 0 Å². The maximum Gasteiger partial charge on any atom is 0.321 e. The molecule has 0 saturated carbocycles. The minimum atomic E-state index is -0.676. The first kappa shape index (κ1) is 19.9. The quantitative estimate of drug-likeness (QED) is 0.314. The van der Waals surface area contributed by atoms with Gasteiger partial charge >= 0.3 is 12.0 Å². The topological polar surface area (TPSA) is 110 Å². The summed E-state index contributed by atoms with van der Waals surface area (Å²) in [5.74, 6) is -1.27. The number of carbonyl (C=O) groups excluding carboxylic acids is 3. The van der Waals surface area contributed by atoms with Crippen molar-refractivity contribution in [1.29, 1.82) is 0 Å². The summed E-state index contributed by atoms with van der Waals surface area (Å²) in [5, 5.41) is 5.09. The molecule has 2 N–H and O–H groups in total. The van der Waals surface area contributed by atoms with Gasteiger partial charge in [0.15, 0.2) is 11.8 Å². The van der Waals surface area contributed by atoms with Gasteiger partial charge < -0.3 is 10.1 Å². The molecule has 0 aliphatic rings. The zero-order chi connectivity index (χ0) is 17.9. The molecule has 3 amide bonds. The number of hydrogen-bond acceptors (Lipinski definition) is 7. The van der Waals surface area contributed by atoms with Crippen LogP contribution in [0.25, 0.3) is 0 Å². The van der Waals surface area contributed by atoms with E-state index in [0.717, 1.165) is 36.0 Å². The number of unbranched alkanes of at least 4 members (excludes halogenated alkanes) is 1. The molecule has 0 bridgehead atoms. The van der Waals surface area contributed by atoms with Gasteiger partial charge in [-0.25, -0.2) is 14.8 Å². The summed E-state index contributed by atoms with van der Waals surface area (Å²) in [7, 11) is 0. The Morgan fingerprint density at radius 3 is 2.50 bits per heavy atom. The molecule has 1 heterocycles. The van der Waals surface area contributed by atoms with E-state index in [-0.39, 0.29) is 5.75 Å². The van der Waals surface area contributed by atoms with Crippen LogP contribution in [0.1, 0.15) is 31.2 Å². The van der Waals surface area contributed by atoms with E-state index < -0.39 is 24.5 Å². The number of nitrogens with zero attached hydrogens (tertiary/aromatic N) is 2. The van der Waals surface area contributed by atoms with Crippen LogP contribution in [0, 0.1) is 13.8 Å². The lowest BCUT2D eigenvalue weighted by Crippen LogP contribution is -2.41. The molecule has 0 aliphatic carbocycles. The molecule has 0 spiro atoms. The molecule has 0 aromatic carbocycles. The highest BCUT2D eigenvalue weighted by atomic mass is 32.2. The van der Waals surface area contributed by atoms with E-state index in [2.05, 4.69) is 20.6 Å². The average Bonchev–Trinajstić information content (AvgIpc) is 2.50. The Kier molecular flexibility index (Phi) is 8.77. The number of aromatic nitrogens is 2. The molecule has 0 unspecified atom stereocenters. The van der Waals surface area contributed by atoms with Crippen LogP contribution in [0.3, 0.4) is 0 Å². The Bertz CT molecular complexity index is 575. The smallest absolute Gasteiger partial charge is 0.321 e. The van der Waals surface area contributed by atoms with Gasteiger partial charge in [-0.05, 0) is 26.3 Å². The second-order valence-corrected chi connectivity index (χ2v) is 5.98. The molecular weight excluding hydrogens is 332 g/mol. The summed E-state index contributed by atoms with van der Waals surface area (Å²) >= 11 is 1.13. The highest BCUT2D eigenvalue weighted by Crippen LogP contribution is 2.14. The lowest BCUT2D eigenvalue weighted by molar-refractivity contribution is -0.145. The zero-order valence-electron chi connectivity index (χ0n) is 14.0. The molecule has 0 radical (unpaired) electrons. The Hall–Kier alpha value is -2.16. The van der Waals surface area contributed by atoms with Crippen molar-refractivity contribution in [2.75, 3.05) is 18.9 Å². The van der Waals surface area contributed by atoms with Crippen LogP contribution in [0.2, 0.25) is 0 Å². The van der Waals surface area contributed by atoms with Crippen molar-refractivity contribution in [2.24, 2.45) is 0 Å². The third-order valence-corrected chi connectivity index (χ3v) is 3.53. The van der Waals surface area contributed by atoms with Crippen LogP contribution >= 0.6 is 11.8 Å². The van der Waals surface area contributed by atoms with Gasteiger partial charge in [-0.3, -0.25) is 14.9 Å². The number of carbonyl (C=O) groups is 3. The molecule has 1 aromatic heterocycles. The van der Waals surface area contributed by atoms with Crippen molar-refractivity contribution >= 4 is 29.7 Å². The normalized spacial score (nSPS) is 10.1. The third kappa shape index (κ3) is 8.47. The molecule has 8 nitrogen and oxygen atoms in total. The van der Waals surface area contributed by atoms with Crippen LogP contribution < -0.4 is 10.6 Å². The van der Waals surface area contributed by atoms with E-state index in [1.807, 2.05) is 26.8 Å². The van der Waals surface area contributed by atoms with Gasteiger partial charge in [0, 0.05) is 17.9 Å². The number of imide groups is 1. The first-order chi connectivity index (χ1) is 11.4. The van der Waals surface area contributed by atoms with Crippen molar-refractivity contribution < 1.29 is 19.1 Å². The standard InChI is InChI=1S/C15H22N4O4S/c1-4-5-6-16-14(22)19-12(20)8-23-13(21)9-24-15-17-10(2)7-11(3)18-15/h7H,4-6,8-9H2,1-3H3,(H2,16,19,20,22). The number of ether oxygens (including phenoxy) is 1. The van der Waals surface area contributed by atoms with Crippen molar-refractivity contribution in [1.82, 2.24) is 20.6 Å². The first-order valence-corrected chi connectivity index (χ1v) is 8.57. The number of aryl methyl sites for hydroxylation is 2. The van der Waals surface area contributed by atoms with Gasteiger partial charge in [-0.1, -0.05) is 25.1 Å². The van der Waals surface area contributed by atoms with E-state index in [4.69, 9.17) is 4.74 Å². The van der Waals surface area contributed by atoms with Crippen molar-refractivity contribution in [3.63, 3.8) is 0 Å². The highest BCUT2D eigenvalue weighted by Gasteiger charge is 2.12. The van der Waals surface area contributed by atoms with Gasteiger partial charge in [-0.2, -0.15) is 0 Å². The number of esters is 1. The molecule has 0 atom stereocenters. The van der Waals surface area contributed by atoms with Gasteiger partial charge in [0.05, 0.1) is 5.75 Å². The summed E-state index contributed by atoms with van der Waals surface area (Å²) in [4.78, 5) is 42.8. The van der Waals surface area contributed by atoms with Gasteiger partial charge in [0.2, 0.25) is 0 Å². The Morgan fingerprint density at radius 2 is 1.88 bits per heavy atom. The van der Waals surface area contributed by atoms with Gasteiger partial charge in [0.25, 0.3) is 5.91 Å². The average molecular weight is 354 g/mol. The lowest BCUT2D eigenvalue weighted by Gasteiger charge is -2.07. The molecule has 1 aromatic rings. The molecule has 132 valence electrons. The predicted octanol–water partition coefficient (Wildman–Crippen LogP) is 1.35. The van der Waals surface area contributed by atoms with E-state index in [1.54, 1.807) is 0 Å². The lowest BCUT2D eigenvalue weighted by atomic mass is 10.3. The number of amides is 3. The number of thioether (sulfide) groups is 1. The Morgan fingerprint density at radius 1 is 1.21 bits per heavy atom. The summed E-state index contributed by atoms with van der Waals surface area (Å²) in [5.41, 5.74) is 1.62. The molecule has 0 saturated heterocycles. The zero-order valence-corrected chi connectivity index (χ0v) is 14.9.